The Morgan fingerprint density at radius 3 is 2.58 bits per heavy atom. The Kier molecular flexibility index (Phi) is 10.1. The van der Waals surface area contributed by atoms with Gasteiger partial charge in [0.25, 0.3) is 5.91 Å². The maximum absolute atomic E-state index is 15.0. The number of hydrogen-bond donors (Lipinski definition) is 3. The fourth-order valence-corrected chi connectivity index (χ4v) is 5.74. The molecule has 12 heteroatoms. The lowest BCUT2D eigenvalue weighted by Gasteiger charge is -2.32. The zero-order chi connectivity index (χ0) is 33.6. The summed E-state index contributed by atoms with van der Waals surface area (Å²) in [6.45, 7) is 9.32. The Bertz CT molecular complexity index is 1790. The van der Waals surface area contributed by atoms with Gasteiger partial charge in [-0.25, -0.2) is 9.37 Å². The fraction of sp³-hybridized carbons (Fsp3) is 0.333. The highest BCUT2D eigenvalue weighted by molar-refractivity contribution is 6.06. The zero-order valence-corrected chi connectivity index (χ0v) is 27.4. The molecule has 1 aromatic heterocycles. The summed E-state index contributed by atoms with van der Waals surface area (Å²) in [5, 5.41) is 8.82. The number of benzene rings is 3. The second-order valence-electron chi connectivity index (χ2n) is 12.2. The number of nitrogens with one attached hydrogen (secondary N) is 3. The normalized spacial score (nSPS) is 15.0. The lowest BCUT2D eigenvalue weighted by atomic mass is 10.0. The Morgan fingerprint density at radius 2 is 1.81 bits per heavy atom. The number of amides is 2. The minimum Gasteiger partial charge on any atom is -0.490 e. The molecule has 250 valence electrons. The van der Waals surface area contributed by atoms with Crippen LogP contribution in [0.4, 0.5) is 27.4 Å². The monoisotopic (exact) mass is 653 g/mol. The molecule has 11 nitrogen and oxygen atoms in total. The second-order valence-corrected chi connectivity index (χ2v) is 12.2. The predicted octanol–water partition coefficient (Wildman–Crippen LogP) is 5.92. The van der Waals surface area contributed by atoms with Crippen LogP contribution in [0.3, 0.4) is 0 Å². The number of anilines is 4. The molecule has 3 heterocycles. The van der Waals surface area contributed by atoms with Gasteiger partial charge in [0.15, 0.2) is 11.6 Å². The van der Waals surface area contributed by atoms with Gasteiger partial charge in [0, 0.05) is 74.5 Å². The number of aryl methyl sites for hydroxylation is 3. The molecule has 3 N–H and O–H groups in total. The lowest BCUT2D eigenvalue weighted by molar-refractivity contribution is -0.116. The summed E-state index contributed by atoms with van der Waals surface area (Å²) in [5.41, 5.74) is 4.62. The van der Waals surface area contributed by atoms with Gasteiger partial charge in [-0.3, -0.25) is 9.59 Å². The third-order valence-corrected chi connectivity index (χ3v) is 8.57. The molecule has 0 bridgehead atoms. The van der Waals surface area contributed by atoms with E-state index in [1.165, 1.54) is 12.3 Å². The number of fused-ring (bicyclic) bond motifs is 1. The van der Waals surface area contributed by atoms with Gasteiger partial charge >= 0.3 is 0 Å². The van der Waals surface area contributed by atoms with E-state index in [1.54, 1.807) is 24.3 Å². The van der Waals surface area contributed by atoms with E-state index in [9.17, 15) is 9.59 Å². The average molecular weight is 654 g/mol. The van der Waals surface area contributed by atoms with Crippen LogP contribution in [0.2, 0.25) is 0 Å². The first-order valence-corrected chi connectivity index (χ1v) is 16.2. The van der Waals surface area contributed by atoms with E-state index in [1.807, 2.05) is 38.1 Å². The predicted molar refractivity (Wildman–Crippen MR) is 183 cm³/mol. The second kappa shape index (κ2) is 14.8. The number of likely N-dealkylation sites (N-methyl/N-ethyl adjacent to an activating group) is 1. The van der Waals surface area contributed by atoms with Crippen LogP contribution in [0.25, 0.3) is 0 Å². The molecule has 2 amide bonds. The van der Waals surface area contributed by atoms with E-state index >= 15 is 4.39 Å². The minimum absolute atomic E-state index is 0.0147. The van der Waals surface area contributed by atoms with Crippen LogP contribution in [0.15, 0.2) is 60.8 Å². The van der Waals surface area contributed by atoms with E-state index in [-0.39, 0.29) is 29.0 Å². The van der Waals surface area contributed by atoms with Crippen molar-refractivity contribution in [3.05, 3.63) is 88.9 Å². The standard InChI is InChI=1S/C36H40FN7O4/c1-23-6-4-7-24(2)33(23)41-34(46)28-22-38-36(42-35(28)48-27-11-8-25-9-13-32(45)40-30(25)21-27)39-26-10-12-31(29(37)20-26)47-19-5-14-44-17-15-43(3)16-18-44/h4,6-8,10-12,20-22H,5,9,13-19H2,1-3H3,(H,40,45)(H,41,46)(H,38,39,42). The Balaban J connectivity index is 1.18. The summed E-state index contributed by atoms with van der Waals surface area (Å²) in [5.74, 6) is -0.420. The Hall–Kier alpha value is -5.07. The molecule has 0 unspecified atom stereocenters. The highest BCUT2D eigenvalue weighted by Gasteiger charge is 2.21. The van der Waals surface area contributed by atoms with Crippen LogP contribution in [0.5, 0.6) is 17.4 Å². The van der Waals surface area contributed by atoms with E-state index < -0.39 is 11.7 Å². The summed E-state index contributed by atoms with van der Waals surface area (Å²) in [4.78, 5) is 39.1. The number of nitrogens with zero attached hydrogens (tertiary/aromatic N) is 4. The third-order valence-electron chi connectivity index (χ3n) is 8.57. The summed E-state index contributed by atoms with van der Waals surface area (Å²) < 4.78 is 26.9. The maximum atomic E-state index is 15.0. The fourth-order valence-electron chi connectivity index (χ4n) is 5.74. The molecule has 4 aromatic rings. The van der Waals surface area contributed by atoms with Crippen LogP contribution in [0, 0.1) is 19.7 Å². The van der Waals surface area contributed by atoms with Crippen molar-refractivity contribution < 1.29 is 23.5 Å². The molecule has 2 aliphatic heterocycles. The number of halogens is 1. The number of piperazine rings is 1. The van der Waals surface area contributed by atoms with Crippen molar-refractivity contribution in [3.8, 4) is 17.4 Å². The van der Waals surface area contributed by atoms with Crippen molar-refractivity contribution >= 4 is 34.8 Å². The van der Waals surface area contributed by atoms with Crippen LogP contribution in [-0.2, 0) is 11.2 Å². The molecular formula is C36H40FN7O4. The van der Waals surface area contributed by atoms with Gasteiger partial charge in [-0.2, -0.15) is 4.98 Å². The van der Waals surface area contributed by atoms with Crippen molar-refractivity contribution in [3.63, 3.8) is 0 Å². The first-order chi connectivity index (χ1) is 23.2. The Morgan fingerprint density at radius 1 is 1.02 bits per heavy atom. The van der Waals surface area contributed by atoms with Gasteiger partial charge in [0.1, 0.15) is 11.3 Å². The highest BCUT2D eigenvalue weighted by Crippen LogP contribution is 2.32. The van der Waals surface area contributed by atoms with Gasteiger partial charge in [-0.1, -0.05) is 24.3 Å². The van der Waals surface area contributed by atoms with Crippen molar-refractivity contribution in [1.82, 2.24) is 19.8 Å². The largest absolute Gasteiger partial charge is 0.490 e. The van der Waals surface area contributed by atoms with Gasteiger partial charge in [-0.05, 0) is 68.6 Å². The smallest absolute Gasteiger partial charge is 0.262 e. The van der Waals surface area contributed by atoms with Gasteiger partial charge in [-0.15, -0.1) is 0 Å². The molecule has 48 heavy (non-hydrogen) atoms. The molecule has 0 atom stereocenters. The van der Waals surface area contributed by atoms with Gasteiger partial charge < -0.3 is 35.2 Å². The summed E-state index contributed by atoms with van der Waals surface area (Å²) >= 11 is 0. The summed E-state index contributed by atoms with van der Waals surface area (Å²) in [7, 11) is 2.13. The van der Waals surface area contributed by atoms with Crippen molar-refractivity contribution in [2.24, 2.45) is 0 Å². The Labute approximate surface area is 279 Å². The topological polar surface area (TPSA) is 121 Å². The molecule has 0 saturated carbocycles. The molecule has 1 fully saturated rings. The van der Waals surface area contributed by atoms with Crippen molar-refractivity contribution in [1.29, 1.82) is 0 Å². The number of para-hydroxylation sites is 1. The van der Waals surface area contributed by atoms with Crippen LogP contribution < -0.4 is 25.4 Å². The van der Waals surface area contributed by atoms with Crippen LogP contribution in [-0.4, -0.2) is 78.0 Å². The summed E-state index contributed by atoms with van der Waals surface area (Å²) in [6, 6.07) is 15.6. The zero-order valence-electron chi connectivity index (χ0n) is 27.4. The van der Waals surface area contributed by atoms with Gasteiger partial charge in [0.05, 0.1) is 6.61 Å². The van der Waals surface area contributed by atoms with Crippen molar-refractivity contribution in [2.45, 2.75) is 33.1 Å². The molecule has 2 aliphatic rings. The number of carbonyl (C=O) groups excluding carboxylic acids is 2. The SMILES string of the molecule is Cc1cccc(C)c1NC(=O)c1cnc(Nc2ccc(OCCCN3CCN(C)CC3)c(F)c2)nc1Oc1ccc2c(c1)NC(=O)CC2. The van der Waals surface area contributed by atoms with Crippen LogP contribution in [0.1, 0.15) is 39.9 Å². The first kappa shape index (κ1) is 32.9. The quantitative estimate of drug-likeness (QED) is 0.169. The number of ether oxygens (including phenoxy) is 2. The first-order valence-electron chi connectivity index (χ1n) is 16.2. The number of carbonyl (C=O) groups is 2. The number of hydrogen-bond acceptors (Lipinski definition) is 9. The number of rotatable bonds is 11. The molecular weight excluding hydrogens is 613 g/mol. The molecule has 0 spiro atoms. The number of aromatic nitrogens is 2. The van der Waals surface area contributed by atoms with Crippen molar-refractivity contribution in [2.75, 3.05) is 62.3 Å². The van der Waals surface area contributed by atoms with Gasteiger partial charge in [0.2, 0.25) is 17.7 Å². The molecule has 0 radical (unpaired) electrons. The van der Waals surface area contributed by atoms with E-state index in [4.69, 9.17) is 9.47 Å². The van der Waals surface area contributed by atoms with E-state index in [0.717, 1.165) is 55.8 Å². The summed E-state index contributed by atoms with van der Waals surface area (Å²) in [6.07, 6.45) is 3.21. The molecule has 3 aromatic carbocycles. The highest BCUT2D eigenvalue weighted by atomic mass is 19.1. The van der Waals surface area contributed by atoms with Crippen LogP contribution >= 0.6 is 0 Å². The molecule has 0 aliphatic carbocycles. The minimum atomic E-state index is -0.517. The van der Waals surface area contributed by atoms with E-state index in [2.05, 4.69) is 42.8 Å². The molecule has 6 rings (SSSR count). The third kappa shape index (κ3) is 8.07. The lowest BCUT2D eigenvalue weighted by Crippen LogP contribution is -2.44. The molecule has 1 saturated heterocycles. The van der Waals surface area contributed by atoms with E-state index in [0.29, 0.717) is 42.3 Å². The maximum Gasteiger partial charge on any atom is 0.262 e. The average Bonchev–Trinajstić information content (AvgIpc) is 3.06.